The van der Waals surface area contributed by atoms with E-state index < -0.39 is 29.0 Å². The molecule has 0 bridgehead atoms. The first-order valence-electron chi connectivity index (χ1n) is 4.88. The van der Waals surface area contributed by atoms with Crippen molar-refractivity contribution in [1.82, 2.24) is 4.72 Å². The lowest BCUT2D eigenvalue weighted by Crippen LogP contribution is -2.41. The van der Waals surface area contributed by atoms with Gasteiger partial charge in [-0.2, -0.15) is 5.26 Å². The van der Waals surface area contributed by atoms with Crippen LogP contribution in [0.4, 0.5) is 8.78 Å². The van der Waals surface area contributed by atoms with E-state index in [0.717, 1.165) is 0 Å². The molecule has 0 amide bonds. The molecule has 19 heavy (non-hydrogen) atoms. The average molecular weight is 312 g/mol. The van der Waals surface area contributed by atoms with Crippen molar-refractivity contribution in [3.8, 4) is 6.07 Å². The number of alkyl halides is 2. The number of benzene rings is 1. The number of sulfonamides is 1. The third-order valence-corrected chi connectivity index (χ3v) is 3.53. The van der Waals surface area contributed by atoms with Crippen LogP contribution in [-0.2, 0) is 10.0 Å². The molecular formula is C10H12ClF2N3O2S. The Kier molecular flexibility index (Phi) is 6.32. The van der Waals surface area contributed by atoms with Crippen LogP contribution in [0, 0.1) is 11.3 Å². The summed E-state index contributed by atoms with van der Waals surface area (Å²) in [6, 6.07) is 6.73. The van der Waals surface area contributed by atoms with E-state index in [1.165, 1.54) is 24.3 Å². The molecule has 0 fully saturated rings. The van der Waals surface area contributed by atoms with Crippen LogP contribution in [0.2, 0.25) is 0 Å². The summed E-state index contributed by atoms with van der Waals surface area (Å²) in [7, 11) is -4.02. The van der Waals surface area contributed by atoms with E-state index in [0.29, 0.717) is 0 Å². The molecule has 0 radical (unpaired) electrons. The lowest BCUT2D eigenvalue weighted by molar-refractivity contribution is 0.0170. The number of nitrogens with zero attached hydrogens (tertiary/aromatic N) is 1. The summed E-state index contributed by atoms with van der Waals surface area (Å²) in [6.45, 7) is -2.01. The van der Waals surface area contributed by atoms with E-state index in [1.54, 1.807) is 4.72 Å². The van der Waals surface area contributed by atoms with Gasteiger partial charge >= 0.3 is 0 Å². The highest BCUT2D eigenvalue weighted by Crippen LogP contribution is 2.13. The summed E-state index contributed by atoms with van der Waals surface area (Å²) in [4.78, 5) is -0.186. The van der Waals surface area contributed by atoms with Gasteiger partial charge in [0.25, 0.3) is 5.92 Å². The quantitative estimate of drug-likeness (QED) is 0.842. The molecule has 0 unspecified atom stereocenters. The molecule has 0 aromatic heterocycles. The van der Waals surface area contributed by atoms with Crippen LogP contribution < -0.4 is 10.5 Å². The second-order valence-corrected chi connectivity index (χ2v) is 5.29. The Morgan fingerprint density at radius 1 is 1.32 bits per heavy atom. The van der Waals surface area contributed by atoms with Gasteiger partial charge in [-0.05, 0) is 24.3 Å². The van der Waals surface area contributed by atoms with Crippen LogP contribution in [0.25, 0.3) is 0 Å². The normalized spacial score (nSPS) is 11.5. The summed E-state index contributed by atoms with van der Waals surface area (Å²) in [6.07, 6.45) is 0. The molecular weight excluding hydrogens is 300 g/mol. The van der Waals surface area contributed by atoms with Gasteiger partial charge in [-0.15, -0.1) is 12.4 Å². The summed E-state index contributed by atoms with van der Waals surface area (Å²) < 4.78 is 50.7. The molecule has 0 spiro atoms. The van der Waals surface area contributed by atoms with Crippen molar-refractivity contribution in [3.63, 3.8) is 0 Å². The van der Waals surface area contributed by atoms with Gasteiger partial charge in [-0.25, -0.2) is 21.9 Å². The van der Waals surface area contributed by atoms with Crippen molar-refractivity contribution in [2.45, 2.75) is 10.8 Å². The fraction of sp³-hybridized carbons (Fsp3) is 0.300. The minimum absolute atomic E-state index is 0. The number of nitrogens with one attached hydrogen (secondary N) is 1. The van der Waals surface area contributed by atoms with Crippen molar-refractivity contribution >= 4 is 22.4 Å². The minimum Gasteiger partial charge on any atom is -0.325 e. The van der Waals surface area contributed by atoms with Crippen LogP contribution in [0.15, 0.2) is 29.2 Å². The van der Waals surface area contributed by atoms with Crippen molar-refractivity contribution in [3.05, 3.63) is 29.8 Å². The van der Waals surface area contributed by atoms with E-state index in [4.69, 9.17) is 11.0 Å². The molecule has 1 rings (SSSR count). The van der Waals surface area contributed by atoms with Gasteiger partial charge in [-0.1, -0.05) is 0 Å². The van der Waals surface area contributed by atoms with E-state index in [-0.39, 0.29) is 22.9 Å². The highest BCUT2D eigenvalue weighted by atomic mass is 35.5. The third-order valence-electron chi connectivity index (χ3n) is 2.11. The zero-order valence-electron chi connectivity index (χ0n) is 9.64. The van der Waals surface area contributed by atoms with Gasteiger partial charge in [0.1, 0.15) is 0 Å². The molecule has 0 saturated heterocycles. The van der Waals surface area contributed by atoms with Gasteiger partial charge in [0.05, 0.1) is 29.6 Å². The second kappa shape index (κ2) is 6.77. The summed E-state index contributed by atoms with van der Waals surface area (Å²) in [5.74, 6) is -3.29. The van der Waals surface area contributed by atoms with Crippen molar-refractivity contribution in [2.75, 3.05) is 13.1 Å². The van der Waals surface area contributed by atoms with Gasteiger partial charge in [-0.3, -0.25) is 0 Å². The molecule has 5 nitrogen and oxygen atoms in total. The van der Waals surface area contributed by atoms with Crippen molar-refractivity contribution < 1.29 is 17.2 Å². The summed E-state index contributed by atoms with van der Waals surface area (Å²) in [5.41, 5.74) is 5.07. The van der Waals surface area contributed by atoms with Crippen molar-refractivity contribution in [2.24, 2.45) is 5.73 Å². The predicted molar refractivity (Wildman–Crippen MR) is 67.6 cm³/mol. The lowest BCUT2D eigenvalue weighted by atomic mass is 10.2. The van der Waals surface area contributed by atoms with Gasteiger partial charge in [0.2, 0.25) is 10.0 Å². The molecule has 1 aromatic rings. The van der Waals surface area contributed by atoms with Crippen LogP contribution in [-0.4, -0.2) is 27.4 Å². The second-order valence-electron chi connectivity index (χ2n) is 3.52. The van der Waals surface area contributed by atoms with Crippen LogP contribution in [0.5, 0.6) is 0 Å². The zero-order valence-corrected chi connectivity index (χ0v) is 11.3. The fourth-order valence-electron chi connectivity index (χ4n) is 1.06. The van der Waals surface area contributed by atoms with Gasteiger partial charge in [0.15, 0.2) is 0 Å². The Morgan fingerprint density at radius 3 is 2.26 bits per heavy atom. The number of nitrogens with two attached hydrogens (primary N) is 1. The Hall–Kier alpha value is -1.27. The molecule has 0 heterocycles. The number of halogens is 3. The zero-order chi connectivity index (χ0) is 13.8. The van der Waals surface area contributed by atoms with E-state index in [2.05, 4.69) is 0 Å². The molecule has 1 aromatic carbocycles. The maximum atomic E-state index is 12.8. The van der Waals surface area contributed by atoms with Gasteiger partial charge in [0, 0.05) is 0 Å². The number of nitriles is 1. The van der Waals surface area contributed by atoms with Crippen LogP contribution in [0.1, 0.15) is 5.56 Å². The maximum Gasteiger partial charge on any atom is 0.273 e. The SMILES string of the molecule is Cl.N#Cc1ccc(S(=O)(=O)NCC(F)(F)CN)cc1. The topological polar surface area (TPSA) is 96.0 Å². The van der Waals surface area contributed by atoms with E-state index >= 15 is 0 Å². The van der Waals surface area contributed by atoms with E-state index in [9.17, 15) is 17.2 Å². The number of rotatable bonds is 5. The van der Waals surface area contributed by atoms with Crippen LogP contribution in [0.3, 0.4) is 0 Å². The Labute approximate surface area is 115 Å². The molecule has 0 saturated carbocycles. The van der Waals surface area contributed by atoms with Gasteiger partial charge < -0.3 is 5.73 Å². The summed E-state index contributed by atoms with van der Waals surface area (Å²) in [5, 5.41) is 8.55. The first-order chi connectivity index (χ1) is 8.30. The largest absolute Gasteiger partial charge is 0.325 e. The average Bonchev–Trinajstić information content (AvgIpc) is 2.37. The molecule has 0 atom stereocenters. The molecule has 0 aliphatic carbocycles. The molecule has 0 aliphatic rings. The lowest BCUT2D eigenvalue weighted by Gasteiger charge is -2.14. The van der Waals surface area contributed by atoms with E-state index in [1.807, 2.05) is 6.07 Å². The van der Waals surface area contributed by atoms with Crippen LogP contribution >= 0.6 is 12.4 Å². The number of hydrogen-bond acceptors (Lipinski definition) is 4. The smallest absolute Gasteiger partial charge is 0.273 e. The Morgan fingerprint density at radius 2 is 1.84 bits per heavy atom. The molecule has 106 valence electrons. The first kappa shape index (κ1) is 17.7. The molecule has 3 N–H and O–H groups in total. The monoisotopic (exact) mass is 311 g/mol. The minimum atomic E-state index is -4.02. The third kappa shape index (κ3) is 5.08. The maximum absolute atomic E-state index is 12.8. The molecule has 0 aliphatic heterocycles. The predicted octanol–water partition coefficient (Wildman–Crippen LogP) is 0.852. The standard InChI is InChI=1S/C10H11F2N3O2S.ClH/c11-10(12,6-14)7-15-18(16,17)9-3-1-8(5-13)2-4-9;/h1-4,15H,6-7,14H2;1H. The Bertz CT molecular complexity index is 555. The highest BCUT2D eigenvalue weighted by molar-refractivity contribution is 7.89. The fourth-order valence-corrected chi connectivity index (χ4v) is 2.13. The molecule has 9 heteroatoms. The number of hydrogen-bond donors (Lipinski definition) is 2. The van der Waals surface area contributed by atoms with Crippen molar-refractivity contribution in [1.29, 1.82) is 5.26 Å². The first-order valence-corrected chi connectivity index (χ1v) is 6.37. The Balaban J connectivity index is 0.00000324. The summed E-state index contributed by atoms with van der Waals surface area (Å²) >= 11 is 0. The highest BCUT2D eigenvalue weighted by Gasteiger charge is 2.29.